The number of rotatable bonds is 2. The summed E-state index contributed by atoms with van der Waals surface area (Å²) in [4.78, 5) is 7.89. The average Bonchev–Trinajstić information content (AvgIpc) is 1.87. The van der Waals surface area contributed by atoms with Crippen molar-refractivity contribution in [2.45, 2.75) is 13.8 Å². The molecule has 0 unspecified atom stereocenters. The monoisotopic (exact) mass is 124 g/mol. The molecule has 0 aromatic carbocycles. The maximum absolute atomic E-state index is 3.95. The lowest BCUT2D eigenvalue weighted by Crippen LogP contribution is -2.03. The van der Waals surface area contributed by atoms with Gasteiger partial charge in [0.25, 0.3) is 0 Å². The highest BCUT2D eigenvalue weighted by Crippen LogP contribution is 1.82. The van der Waals surface area contributed by atoms with Crippen molar-refractivity contribution < 1.29 is 0 Å². The van der Waals surface area contributed by atoms with Crippen LogP contribution in [-0.2, 0) is 0 Å². The van der Waals surface area contributed by atoms with Gasteiger partial charge in [0.2, 0.25) is 0 Å². The van der Waals surface area contributed by atoms with E-state index in [1.165, 1.54) is 6.20 Å². The number of hydrogen-bond donors (Lipinski definition) is 0. The predicted molar refractivity (Wildman–Crippen MR) is 42.3 cm³/mol. The molecule has 0 fully saturated rings. The van der Waals surface area contributed by atoms with Crippen molar-refractivity contribution in [3.8, 4) is 0 Å². The molecule has 0 atom stereocenters. The van der Waals surface area contributed by atoms with E-state index in [4.69, 9.17) is 0 Å². The first-order valence-corrected chi connectivity index (χ1v) is 2.81. The van der Waals surface area contributed by atoms with E-state index in [0.717, 1.165) is 11.4 Å². The Balaban J connectivity index is 4.19. The summed E-state index contributed by atoms with van der Waals surface area (Å²) in [6.45, 7) is 7.30. The van der Waals surface area contributed by atoms with Crippen molar-refractivity contribution in [3.63, 3.8) is 0 Å². The Bertz CT molecular complexity index is 154. The summed E-state index contributed by atoms with van der Waals surface area (Å²) < 4.78 is 0. The molecule has 0 aliphatic carbocycles. The fraction of sp³-hybridized carbons (Fsp3) is 0.429. The van der Waals surface area contributed by atoms with Crippen LogP contribution >= 0.6 is 0 Å². The van der Waals surface area contributed by atoms with E-state index in [0.29, 0.717) is 0 Å². The van der Waals surface area contributed by atoms with Crippen molar-refractivity contribution in [1.82, 2.24) is 0 Å². The zero-order valence-corrected chi connectivity index (χ0v) is 6.18. The Morgan fingerprint density at radius 2 is 1.89 bits per heavy atom. The molecule has 0 N–H and O–H groups in total. The molecule has 0 aromatic rings. The van der Waals surface area contributed by atoms with Crippen molar-refractivity contribution in [2.75, 3.05) is 7.05 Å². The molecule has 2 heteroatoms. The molecule has 50 valence electrons. The van der Waals surface area contributed by atoms with Gasteiger partial charge < -0.3 is 0 Å². The van der Waals surface area contributed by atoms with E-state index in [1.54, 1.807) is 7.05 Å². The van der Waals surface area contributed by atoms with Gasteiger partial charge in [-0.3, -0.25) is 9.98 Å². The Kier molecular flexibility index (Phi) is 3.60. The molecule has 9 heavy (non-hydrogen) atoms. The quantitative estimate of drug-likeness (QED) is 0.500. The molecule has 0 saturated carbocycles. The largest absolute Gasteiger partial charge is 0.292 e. The summed E-state index contributed by atoms with van der Waals surface area (Å²) in [6.07, 6.45) is 1.52. The first-order valence-electron chi connectivity index (χ1n) is 2.81. The summed E-state index contributed by atoms with van der Waals surface area (Å²) in [5.41, 5.74) is 1.88. The summed E-state index contributed by atoms with van der Waals surface area (Å²) >= 11 is 0. The highest BCUT2D eigenvalue weighted by atomic mass is 14.8. The van der Waals surface area contributed by atoms with Crippen LogP contribution in [0.1, 0.15) is 13.8 Å². The van der Waals surface area contributed by atoms with Gasteiger partial charge in [0.15, 0.2) is 0 Å². The molecule has 0 radical (unpaired) electrons. The SMILES string of the molecule is C=C/N=C(C)\C(C)=N/C. The molecule has 0 aromatic heterocycles. The minimum atomic E-state index is 0.924. The molecule has 0 spiro atoms. The molecule has 0 rings (SSSR count). The van der Waals surface area contributed by atoms with Gasteiger partial charge >= 0.3 is 0 Å². The molecular formula is C7H12N2. The van der Waals surface area contributed by atoms with Gasteiger partial charge in [-0.2, -0.15) is 0 Å². The third-order valence-corrected chi connectivity index (χ3v) is 1.14. The molecule has 0 aliphatic rings. The van der Waals surface area contributed by atoms with E-state index in [1.807, 2.05) is 13.8 Å². The molecule has 0 aliphatic heterocycles. The summed E-state index contributed by atoms with van der Waals surface area (Å²) in [7, 11) is 1.75. The third kappa shape index (κ3) is 2.80. The lowest BCUT2D eigenvalue weighted by atomic mass is 10.3. The highest BCUT2D eigenvalue weighted by molar-refractivity contribution is 6.40. The van der Waals surface area contributed by atoms with Crippen LogP contribution < -0.4 is 0 Å². The zero-order valence-electron chi connectivity index (χ0n) is 6.18. The van der Waals surface area contributed by atoms with Crippen molar-refractivity contribution in [1.29, 1.82) is 0 Å². The molecular weight excluding hydrogens is 112 g/mol. The van der Waals surface area contributed by atoms with Crippen LogP contribution in [0.4, 0.5) is 0 Å². The van der Waals surface area contributed by atoms with Crippen molar-refractivity contribution in [2.24, 2.45) is 9.98 Å². The van der Waals surface area contributed by atoms with Gasteiger partial charge in [0.05, 0.1) is 11.4 Å². The van der Waals surface area contributed by atoms with Gasteiger partial charge in [-0.1, -0.05) is 6.58 Å². The minimum absolute atomic E-state index is 0.924. The van der Waals surface area contributed by atoms with E-state index in [9.17, 15) is 0 Å². The molecule has 0 saturated heterocycles. The van der Waals surface area contributed by atoms with Gasteiger partial charge in [-0.25, -0.2) is 0 Å². The standard InChI is InChI=1S/C7H12N2/c1-5-9-7(3)6(2)8-4/h5H,1H2,2-4H3/b8-6-,9-7-. The lowest BCUT2D eigenvalue weighted by Gasteiger charge is -1.93. The van der Waals surface area contributed by atoms with Crippen LogP contribution in [0.3, 0.4) is 0 Å². The van der Waals surface area contributed by atoms with Crippen LogP contribution in [-0.4, -0.2) is 18.5 Å². The number of aliphatic imine (C=N–C) groups is 2. The number of nitrogens with zero attached hydrogens (tertiary/aromatic N) is 2. The second-order valence-corrected chi connectivity index (χ2v) is 1.71. The lowest BCUT2D eigenvalue weighted by molar-refractivity contribution is 1.43. The van der Waals surface area contributed by atoms with Crippen LogP contribution in [0.5, 0.6) is 0 Å². The van der Waals surface area contributed by atoms with Gasteiger partial charge in [0, 0.05) is 13.2 Å². The van der Waals surface area contributed by atoms with Crippen molar-refractivity contribution in [3.05, 3.63) is 12.8 Å². The van der Waals surface area contributed by atoms with Gasteiger partial charge in [-0.05, 0) is 13.8 Å². The van der Waals surface area contributed by atoms with E-state index < -0.39 is 0 Å². The van der Waals surface area contributed by atoms with Crippen molar-refractivity contribution >= 4 is 11.4 Å². The normalized spacial score (nSPS) is 13.7. The molecule has 0 heterocycles. The van der Waals surface area contributed by atoms with E-state index >= 15 is 0 Å². The molecule has 0 amide bonds. The first kappa shape index (κ1) is 8.08. The number of hydrogen-bond acceptors (Lipinski definition) is 2. The Labute approximate surface area is 56.0 Å². The summed E-state index contributed by atoms with van der Waals surface area (Å²) in [5.74, 6) is 0. The third-order valence-electron chi connectivity index (χ3n) is 1.14. The van der Waals surface area contributed by atoms with E-state index in [-0.39, 0.29) is 0 Å². The zero-order chi connectivity index (χ0) is 7.28. The molecule has 2 nitrogen and oxygen atoms in total. The van der Waals surface area contributed by atoms with Crippen LogP contribution in [0.15, 0.2) is 22.8 Å². The van der Waals surface area contributed by atoms with Crippen LogP contribution in [0.2, 0.25) is 0 Å². The smallest absolute Gasteiger partial charge is 0.0579 e. The Hall–Kier alpha value is -0.920. The second-order valence-electron chi connectivity index (χ2n) is 1.71. The maximum atomic E-state index is 3.95. The average molecular weight is 124 g/mol. The highest BCUT2D eigenvalue weighted by Gasteiger charge is 1.90. The Morgan fingerprint density at radius 3 is 2.22 bits per heavy atom. The van der Waals surface area contributed by atoms with Crippen LogP contribution in [0, 0.1) is 0 Å². The van der Waals surface area contributed by atoms with Crippen LogP contribution in [0.25, 0.3) is 0 Å². The maximum Gasteiger partial charge on any atom is 0.0579 e. The summed E-state index contributed by atoms with van der Waals surface area (Å²) in [5, 5.41) is 0. The summed E-state index contributed by atoms with van der Waals surface area (Å²) in [6, 6.07) is 0. The Morgan fingerprint density at radius 1 is 1.33 bits per heavy atom. The fourth-order valence-corrected chi connectivity index (χ4v) is 0.392. The topological polar surface area (TPSA) is 24.7 Å². The molecule has 0 bridgehead atoms. The van der Waals surface area contributed by atoms with Gasteiger partial charge in [-0.15, -0.1) is 0 Å². The van der Waals surface area contributed by atoms with Gasteiger partial charge in [0.1, 0.15) is 0 Å². The predicted octanol–water partition coefficient (Wildman–Crippen LogP) is 1.68. The second kappa shape index (κ2) is 4.01. The van der Waals surface area contributed by atoms with E-state index in [2.05, 4.69) is 16.6 Å². The minimum Gasteiger partial charge on any atom is -0.292 e. The first-order chi connectivity index (χ1) is 4.22. The fourth-order valence-electron chi connectivity index (χ4n) is 0.392.